The second-order valence-electron chi connectivity index (χ2n) is 4.48. The number of fused-ring (bicyclic) bond motifs is 1. The lowest BCUT2D eigenvalue weighted by atomic mass is 10.3. The molecule has 7 heteroatoms. The van der Waals surface area contributed by atoms with Crippen LogP contribution in [0.2, 0.25) is 0 Å². The quantitative estimate of drug-likeness (QED) is 0.766. The molecule has 0 atom stereocenters. The van der Waals surface area contributed by atoms with Gasteiger partial charge in [-0.25, -0.2) is 4.98 Å². The van der Waals surface area contributed by atoms with Crippen molar-refractivity contribution in [1.82, 2.24) is 9.97 Å². The standard InChI is InChI=1S/C14H20N4O2S/c1-4-15-14-17-12(16-7-6-11(19)20-5-2)10-8-9(3)21-13(10)18-14/h8H,4-7H2,1-3H3,(H2,15,16,17,18). The molecule has 0 fully saturated rings. The van der Waals surface area contributed by atoms with Crippen LogP contribution in [-0.2, 0) is 9.53 Å². The Kier molecular flexibility index (Phi) is 5.32. The second kappa shape index (κ2) is 7.21. The molecular formula is C14H20N4O2S. The highest BCUT2D eigenvalue weighted by molar-refractivity contribution is 7.18. The molecule has 0 unspecified atom stereocenters. The predicted octanol–water partition coefficient (Wildman–Crippen LogP) is 2.80. The molecular weight excluding hydrogens is 288 g/mol. The summed E-state index contributed by atoms with van der Waals surface area (Å²) in [5.74, 6) is 1.15. The summed E-state index contributed by atoms with van der Waals surface area (Å²) in [6, 6.07) is 2.06. The van der Waals surface area contributed by atoms with Crippen molar-refractivity contribution in [3.63, 3.8) is 0 Å². The van der Waals surface area contributed by atoms with Gasteiger partial charge in [-0.15, -0.1) is 11.3 Å². The van der Waals surface area contributed by atoms with E-state index >= 15 is 0 Å². The van der Waals surface area contributed by atoms with Gasteiger partial charge in [0.1, 0.15) is 10.6 Å². The molecule has 2 N–H and O–H groups in total. The van der Waals surface area contributed by atoms with Gasteiger partial charge in [0, 0.05) is 18.0 Å². The summed E-state index contributed by atoms with van der Waals surface area (Å²) in [6.07, 6.45) is 0.318. The number of hydrogen-bond acceptors (Lipinski definition) is 7. The third kappa shape index (κ3) is 4.04. The molecule has 0 spiro atoms. The van der Waals surface area contributed by atoms with Crippen LogP contribution in [0, 0.1) is 6.92 Å². The first-order valence-electron chi connectivity index (χ1n) is 7.05. The predicted molar refractivity (Wildman–Crippen MR) is 86.1 cm³/mol. The van der Waals surface area contributed by atoms with E-state index in [2.05, 4.69) is 26.7 Å². The first kappa shape index (κ1) is 15.5. The number of thiophene rings is 1. The molecule has 2 rings (SSSR count). The zero-order valence-electron chi connectivity index (χ0n) is 12.5. The molecule has 2 aromatic rings. The van der Waals surface area contributed by atoms with E-state index in [9.17, 15) is 4.79 Å². The number of nitrogens with zero attached hydrogens (tertiary/aromatic N) is 2. The van der Waals surface area contributed by atoms with Gasteiger partial charge in [-0.2, -0.15) is 4.98 Å². The number of rotatable bonds is 7. The smallest absolute Gasteiger partial charge is 0.307 e. The average molecular weight is 308 g/mol. The molecule has 2 aromatic heterocycles. The van der Waals surface area contributed by atoms with Gasteiger partial charge >= 0.3 is 5.97 Å². The van der Waals surface area contributed by atoms with Crippen molar-refractivity contribution >= 4 is 39.3 Å². The van der Waals surface area contributed by atoms with Crippen LogP contribution in [-0.4, -0.2) is 35.6 Å². The largest absolute Gasteiger partial charge is 0.466 e. The van der Waals surface area contributed by atoms with Gasteiger partial charge < -0.3 is 15.4 Å². The van der Waals surface area contributed by atoms with E-state index in [4.69, 9.17) is 4.74 Å². The first-order valence-corrected chi connectivity index (χ1v) is 7.87. The highest BCUT2D eigenvalue weighted by Gasteiger charge is 2.10. The molecule has 0 aliphatic carbocycles. The van der Waals surface area contributed by atoms with Gasteiger partial charge in [0.15, 0.2) is 0 Å². The zero-order valence-corrected chi connectivity index (χ0v) is 13.3. The van der Waals surface area contributed by atoms with Gasteiger partial charge in [-0.1, -0.05) is 0 Å². The van der Waals surface area contributed by atoms with E-state index in [0.29, 0.717) is 25.5 Å². The van der Waals surface area contributed by atoms with Crippen molar-refractivity contribution in [2.45, 2.75) is 27.2 Å². The van der Waals surface area contributed by atoms with Gasteiger partial charge in [0.25, 0.3) is 0 Å². The van der Waals surface area contributed by atoms with Crippen molar-refractivity contribution < 1.29 is 9.53 Å². The number of carbonyl (C=O) groups excluding carboxylic acids is 1. The Hall–Kier alpha value is -1.89. The van der Waals surface area contributed by atoms with Crippen molar-refractivity contribution in [1.29, 1.82) is 0 Å². The van der Waals surface area contributed by atoms with Gasteiger partial charge in [-0.05, 0) is 26.8 Å². The number of hydrogen-bond donors (Lipinski definition) is 2. The molecule has 6 nitrogen and oxygen atoms in total. The lowest BCUT2D eigenvalue weighted by Crippen LogP contribution is -2.13. The maximum Gasteiger partial charge on any atom is 0.307 e. The molecule has 0 radical (unpaired) electrons. The molecule has 0 saturated carbocycles. The average Bonchev–Trinajstić information content (AvgIpc) is 2.80. The minimum Gasteiger partial charge on any atom is -0.466 e. The minimum atomic E-state index is -0.205. The number of ether oxygens (including phenoxy) is 1. The maximum absolute atomic E-state index is 11.4. The number of aryl methyl sites for hydroxylation is 1. The Bertz CT molecular complexity index is 627. The molecule has 0 aromatic carbocycles. The van der Waals surface area contributed by atoms with E-state index < -0.39 is 0 Å². The summed E-state index contributed by atoms with van der Waals surface area (Å²) >= 11 is 1.63. The minimum absolute atomic E-state index is 0.205. The number of nitrogens with one attached hydrogen (secondary N) is 2. The molecule has 0 aliphatic heterocycles. The van der Waals surface area contributed by atoms with Crippen LogP contribution in [0.3, 0.4) is 0 Å². The van der Waals surface area contributed by atoms with E-state index in [0.717, 1.165) is 22.6 Å². The van der Waals surface area contributed by atoms with Crippen LogP contribution in [0.1, 0.15) is 25.1 Å². The normalized spacial score (nSPS) is 10.6. The van der Waals surface area contributed by atoms with Crippen molar-refractivity contribution in [2.75, 3.05) is 30.3 Å². The Labute approximate surface area is 127 Å². The lowest BCUT2D eigenvalue weighted by molar-refractivity contribution is -0.142. The fraction of sp³-hybridized carbons (Fsp3) is 0.500. The SMILES string of the molecule is CCNc1nc(NCCC(=O)OCC)c2cc(C)sc2n1. The molecule has 0 saturated heterocycles. The lowest BCUT2D eigenvalue weighted by Gasteiger charge is -2.09. The summed E-state index contributed by atoms with van der Waals surface area (Å²) in [5.41, 5.74) is 0. The molecule has 21 heavy (non-hydrogen) atoms. The van der Waals surface area contributed by atoms with Crippen LogP contribution in [0.5, 0.6) is 0 Å². The van der Waals surface area contributed by atoms with Crippen LogP contribution in [0.15, 0.2) is 6.07 Å². The van der Waals surface area contributed by atoms with Crippen molar-refractivity contribution in [2.24, 2.45) is 0 Å². The van der Waals surface area contributed by atoms with Gasteiger partial charge in [0.2, 0.25) is 5.95 Å². The van der Waals surface area contributed by atoms with Crippen LogP contribution in [0.25, 0.3) is 10.2 Å². The summed E-state index contributed by atoms with van der Waals surface area (Å²) in [5, 5.41) is 7.31. The Balaban J connectivity index is 2.14. The summed E-state index contributed by atoms with van der Waals surface area (Å²) < 4.78 is 4.91. The van der Waals surface area contributed by atoms with E-state index in [1.165, 1.54) is 4.88 Å². The topological polar surface area (TPSA) is 76.1 Å². The van der Waals surface area contributed by atoms with Crippen molar-refractivity contribution in [3.05, 3.63) is 10.9 Å². The molecule has 114 valence electrons. The van der Waals surface area contributed by atoms with Gasteiger partial charge in [0.05, 0.1) is 18.4 Å². The molecule has 2 heterocycles. The highest BCUT2D eigenvalue weighted by atomic mass is 32.1. The fourth-order valence-electron chi connectivity index (χ4n) is 1.93. The van der Waals surface area contributed by atoms with Crippen LogP contribution in [0.4, 0.5) is 11.8 Å². The summed E-state index contributed by atoms with van der Waals surface area (Å²) in [4.78, 5) is 22.4. The monoisotopic (exact) mass is 308 g/mol. The summed E-state index contributed by atoms with van der Waals surface area (Å²) in [7, 11) is 0. The number of aromatic nitrogens is 2. The van der Waals surface area contributed by atoms with E-state index in [1.54, 1.807) is 18.3 Å². The van der Waals surface area contributed by atoms with Crippen LogP contribution < -0.4 is 10.6 Å². The number of esters is 1. The second-order valence-corrected chi connectivity index (χ2v) is 5.72. The fourth-order valence-corrected chi connectivity index (χ4v) is 2.81. The highest BCUT2D eigenvalue weighted by Crippen LogP contribution is 2.29. The Morgan fingerprint density at radius 2 is 2.14 bits per heavy atom. The number of anilines is 2. The zero-order chi connectivity index (χ0) is 15.2. The Morgan fingerprint density at radius 1 is 1.33 bits per heavy atom. The maximum atomic E-state index is 11.4. The molecule has 0 aliphatic rings. The van der Waals surface area contributed by atoms with Crippen molar-refractivity contribution in [3.8, 4) is 0 Å². The summed E-state index contributed by atoms with van der Waals surface area (Å²) in [6.45, 7) is 7.51. The first-order chi connectivity index (χ1) is 10.1. The van der Waals surface area contributed by atoms with E-state index in [1.807, 2.05) is 13.8 Å². The molecule has 0 bridgehead atoms. The van der Waals surface area contributed by atoms with Crippen LogP contribution >= 0.6 is 11.3 Å². The molecule has 0 amide bonds. The number of carbonyl (C=O) groups is 1. The van der Waals surface area contributed by atoms with E-state index in [-0.39, 0.29) is 5.97 Å². The third-order valence-electron chi connectivity index (χ3n) is 2.78. The van der Waals surface area contributed by atoms with Gasteiger partial charge in [-0.3, -0.25) is 4.79 Å². The Morgan fingerprint density at radius 3 is 2.86 bits per heavy atom. The third-order valence-corrected chi connectivity index (χ3v) is 3.72.